The van der Waals surface area contributed by atoms with Crippen LogP contribution >= 0.6 is 15.9 Å². The lowest BCUT2D eigenvalue weighted by atomic mass is 9.89. The third kappa shape index (κ3) is 3.82. The van der Waals surface area contributed by atoms with Gasteiger partial charge in [-0.05, 0) is 68.5 Å². The van der Waals surface area contributed by atoms with E-state index in [1.165, 1.54) is 0 Å². The number of carboxylic acid groups (broad SMARTS) is 1. The van der Waals surface area contributed by atoms with Crippen molar-refractivity contribution in [3.63, 3.8) is 0 Å². The monoisotopic (exact) mass is 423 g/mol. The molecule has 1 aliphatic carbocycles. The van der Waals surface area contributed by atoms with Gasteiger partial charge in [-0.2, -0.15) is 0 Å². The van der Waals surface area contributed by atoms with Gasteiger partial charge in [0, 0.05) is 29.2 Å². The molecule has 1 amide bonds. The highest BCUT2D eigenvalue weighted by molar-refractivity contribution is 9.10. The number of hydrogen-bond acceptors (Lipinski definition) is 3. The summed E-state index contributed by atoms with van der Waals surface area (Å²) in [5.74, 6) is 0.822. The Balaban J connectivity index is 1.67. The van der Waals surface area contributed by atoms with Crippen molar-refractivity contribution in [2.24, 2.45) is 7.05 Å². The summed E-state index contributed by atoms with van der Waals surface area (Å²) in [6, 6.07) is 4.02. The number of fused-ring (bicyclic) bond motifs is 1. The topological polar surface area (TPSA) is 67.6 Å². The average Bonchev–Trinajstić information content (AvgIpc) is 2.89. The summed E-state index contributed by atoms with van der Waals surface area (Å²) in [5.41, 5.74) is 1.55. The lowest BCUT2D eigenvalue weighted by molar-refractivity contribution is 0.0368. The van der Waals surface area contributed by atoms with E-state index in [0.717, 1.165) is 46.9 Å². The molecule has 0 spiro atoms. The Hall–Kier alpha value is -1.76. The van der Waals surface area contributed by atoms with Crippen molar-refractivity contribution < 1.29 is 14.6 Å². The van der Waals surface area contributed by atoms with Gasteiger partial charge in [-0.3, -0.25) is 0 Å². The molecule has 7 heteroatoms. The molecule has 26 heavy (non-hydrogen) atoms. The molecular formula is C19H26BrN3O3. The predicted octanol–water partition coefficient (Wildman–Crippen LogP) is 4.80. The van der Waals surface area contributed by atoms with Gasteiger partial charge in [0.05, 0.1) is 17.9 Å². The van der Waals surface area contributed by atoms with E-state index in [1.54, 1.807) is 11.2 Å². The van der Waals surface area contributed by atoms with E-state index in [-0.39, 0.29) is 17.7 Å². The summed E-state index contributed by atoms with van der Waals surface area (Å²) in [6.07, 6.45) is 4.41. The van der Waals surface area contributed by atoms with Crippen molar-refractivity contribution in [2.45, 2.75) is 64.1 Å². The highest BCUT2D eigenvalue weighted by Crippen LogP contribution is 2.33. The van der Waals surface area contributed by atoms with E-state index in [1.807, 2.05) is 44.5 Å². The Morgan fingerprint density at radius 3 is 2.54 bits per heavy atom. The molecule has 0 saturated heterocycles. The molecule has 0 atom stereocenters. The zero-order valence-electron chi connectivity index (χ0n) is 15.7. The SMILES string of the molecule is Cn1cnc2c(Br)cc(O[C@H]3CC[C@@H](N(C(=O)O)C(C)(C)C)CC3)cc21. The third-order valence-electron chi connectivity index (χ3n) is 5.00. The molecule has 1 aliphatic rings. The zero-order chi connectivity index (χ0) is 19.1. The fraction of sp³-hybridized carbons (Fsp3) is 0.579. The molecule has 0 aliphatic heterocycles. The third-order valence-corrected chi connectivity index (χ3v) is 5.60. The highest BCUT2D eigenvalue weighted by Gasteiger charge is 2.36. The molecule has 2 aromatic rings. The fourth-order valence-electron chi connectivity index (χ4n) is 3.84. The molecule has 6 nitrogen and oxygen atoms in total. The molecule has 0 unspecified atom stereocenters. The van der Waals surface area contributed by atoms with Crippen LogP contribution in [0.3, 0.4) is 0 Å². The summed E-state index contributed by atoms with van der Waals surface area (Å²) < 4.78 is 9.10. The summed E-state index contributed by atoms with van der Waals surface area (Å²) >= 11 is 3.56. The molecule has 1 fully saturated rings. The van der Waals surface area contributed by atoms with Gasteiger partial charge >= 0.3 is 6.09 Å². The minimum Gasteiger partial charge on any atom is -0.490 e. The second-order valence-electron chi connectivity index (χ2n) is 8.00. The molecule has 1 aromatic heterocycles. The lowest BCUT2D eigenvalue weighted by Gasteiger charge is -2.42. The van der Waals surface area contributed by atoms with Crippen LogP contribution < -0.4 is 4.74 Å². The van der Waals surface area contributed by atoms with Crippen LogP contribution in [0.4, 0.5) is 4.79 Å². The fourth-order valence-corrected chi connectivity index (χ4v) is 4.37. The molecule has 1 aromatic carbocycles. The Labute approximate surface area is 162 Å². The van der Waals surface area contributed by atoms with Gasteiger partial charge in [-0.15, -0.1) is 0 Å². The van der Waals surface area contributed by atoms with E-state index < -0.39 is 6.09 Å². The first-order valence-corrected chi connectivity index (χ1v) is 9.75. The molecule has 0 radical (unpaired) electrons. The molecular weight excluding hydrogens is 398 g/mol. The number of ether oxygens (including phenoxy) is 1. The molecule has 1 heterocycles. The van der Waals surface area contributed by atoms with Gasteiger partial charge in [-0.1, -0.05) is 0 Å². The van der Waals surface area contributed by atoms with Crippen molar-refractivity contribution in [3.8, 4) is 5.75 Å². The predicted molar refractivity (Wildman–Crippen MR) is 105 cm³/mol. The minimum atomic E-state index is -0.840. The number of nitrogens with zero attached hydrogens (tertiary/aromatic N) is 3. The number of aryl methyl sites for hydroxylation is 1. The van der Waals surface area contributed by atoms with E-state index in [9.17, 15) is 9.90 Å². The second kappa shape index (κ2) is 7.10. The van der Waals surface area contributed by atoms with Gasteiger partial charge in [-0.25, -0.2) is 9.78 Å². The van der Waals surface area contributed by atoms with Gasteiger partial charge < -0.3 is 19.3 Å². The van der Waals surface area contributed by atoms with Crippen LogP contribution in [0.5, 0.6) is 5.75 Å². The van der Waals surface area contributed by atoms with E-state index in [2.05, 4.69) is 20.9 Å². The van der Waals surface area contributed by atoms with Crippen LogP contribution in [0.1, 0.15) is 46.5 Å². The second-order valence-corrected chi connectivity index (χ2v) is 8.85. The van der Waals surface area contributed by atoms with Crippen LogP contribution in [0.2, 0.25) is 0 Å². The standard InChI is InChI=1S/C19H26BrN3O3/c1-19(2,3)23(18(24)25)12-5-7-13(8-6-12)26-14-9-15(20)17-16(10-14)22(4)11-21-17/h9-13H,5-8H2,1-4H3,(H,24,25)/t12-,13+. The van der Waals surface area contributed by atoms with E-state index >= 15 is 0 Å². The summed E-state index contributed by atoms with van der Waals surface area (Å²) in [5, 5.41) is 9.58. The molecule has 142 valence electrons. The number of benzene rings is 1. The first-order chi connectivity index (χ1) is 12.2. The first-order valence-electron chi connectivity index (χ1n) is 8.96. The zero-order valence-corrected chi connectivity index (χ0v) is 17.3. The Bertz CT molecular complexity index is 804. The number of aromatic nitrogens is 2. The number of rotatable bonds is 3. The smallest absolute Gasteiger partial charge is 0.407 e. The van der Waals surface area contributed by atoms with Crippen LogP contribution in [0.25, 0.3) is 11.0 Å². The first kappa shape index (κ1) is 19.0. The van der Waals surface area contributed by atoms with Gasteiger partial charge in [0.15, 0.2) is 0 Å². The largest absolute Gasteiger partial charge is 0.490 e. The maximum Gasteiger partial charge on any atom is 0.407 e. The van der Waals surface area contributed by atoms with Crippen LogP contribution in [0.15, 0.2) is 22.9 Å². The maximum atomic E-state index is 11.7. The van der Waals surface area contributed by atoms with Crippen molar-refractivity contribution in [1.82, 2.24) is 14.5 Å². The normalized spacial score (nSPS) is 21.0. The molecule has 1 N–H and O–H groups in total. The van der Waals surface area contributed by atoms with Gasteiger partial charge in [0.2, 0.25) is 0 Å². The average molecular weight is 424 g/mol. The van der Waals surface area contributed by atoms with E-state index in [0.29, 0.717) is 0 Å². The number of hydrogen-bond donors (Lipinski definition) is 1. The number of imidazole rings is 1. The Kier molecular flexibility index (Phi) is 5.19. The van der Waals surface area contributed by atoms with Gasteiger partial charge in [0.1, 0.15) is 11.3 Å². The minimum absolute atomic E-state index is 0.0543. The summed E-state index contributed by atoms with van der Waals surface area (Å²) in [6.45, 7) is 5.85. The maximum absolute atomic E-state index is 11.7. The Morgan fingerprint density at radius 2 is 1.96 bits per heavy atom. The quantitative estimate of drug-likeness (QED) is 0.769. The number of halogens is 1. The molecule has 1 saturated carbocycles. The number of carbonyl (C=O) groups is 1. The van der Waals surface area contributed by atoms with Gasteiger partial charge in [0.25, 0.3) is 0 Å². The molecule has 3 rings (SSSR count). The van der Waals surface area contributed by atoms with Crippen molar-refractivity contribution in [1.29, 1.82) is 0 Å². The van der Waals surface area contributed by atoms with Crippen molar-refractivity contribution >= 4 is 33.1 Å². The van der Waals surface area contributed by atoms with Crippen molar-refractivity contribution in [2.75, 3.05) is 0 Å². The summed E-state index contributed by atoms with van der Waals surface area (Å²) in [4.78, 5) is 17.6. The van der Waals surface area contributed by atoms with E-state index in [4.69, 9.17) is 4.74 Å². The number of amides is 1. The molecule has 0 bridgehead atoms. The highest BCUT2D eigenvalue weighted by atomic mass is 79.9. The lowest BCUT2D eigenvalue weighted by Crippen LogP contribution is -2.52. The Morgan fingerprint density at radius 1 is 1.31 bits per heavy atom. The van der Waals surface area contributed by atoms with Crippen LogP contribution in [0, 0.1) is 0 Å². The van der Waals surface area contributed by atoms with Crippen LogP contribution in [-0.4, -0.2) is 43.3 Å². The van der Waals surface area contributed by atoms with Crippen LogP contribution in [-0.2, 0) is 7.05 Å². The van der Waals surface area contributed by atoms with Crippen molar-refractivity contribution in [3.05, 3.63) is 22.9 Å². The summed E-state index contributed by atoms with van der Waals surface area (Å²) in [7, 11) is 1.96.